The van der Waals surface area contributed by atoms with E-state index in [9.17, 15) is 8.42 Å². The van der Waals surface area contributed by atoms with Crippen LogP contribution in [0.25, 0.3) is 0 Å². The molecule has 0 radical (unpaired) electrons. The van der Waals surface area contributed by atoms with Crippen LogP contribution < -0.4 is 10.5 Å². The highest BCUT2D eigenvalue weighted by molar-refractivity contribution is 7.92. The summed E-state index contributed by atoms with van der Waals surface area (Å²) >= 11 is 0. The molecule has 0 amide bonds. The highest BCUT2D eigenvalue weighted by Gasteiger charge is 2.11. The van der Waals surface area contributed by atoms with E-state index >= 15 is 0 Å². The smallest absolute Gasteiger partial charge is 0.233 e. The van der Waals surface area contributed by atoms with Gasteiger partial charge >= 0.3 is 0 Å². The van der Waals surface area contributed by atoms with Crippen LogP contribution >= 0.6 is 0 Å². The second-order valence-electron chi connectivity index (χ2n) is 3.97. The van der Waals surface area contributed by atoms with E-state index in [1.165, 1.54) is 12.3 Å². The number of anilines is 1. The van der Waals surface area contributed by atoms with Gasteiger partial charge in [-0.15, -0.1) is 0 Å². The molecule has 0 fully saturated rings. The molecule has 1 aromatic heterocycles. The van der Waals surface area contributed by atoms with Gasteiger partial charge in [0.2, 0.25) is 10.0 Å². The molecule has 0 bridgehead atoms. The number of hydrogen-bond acceptors (Lipinski definition) is 4. The molecule has 0 atom stereocenters. The lowest BCUT2D eigenvalue weighted by Crippen LogP contribution is -2.18. The van der Waals surface area contributed by atoms with Gasteiger partial charge in [0.15, 0.2) is 0 Å². The fourth-order valence-corrected chi connectivity index (χ4v) is 2.52. The van der Waals surface area contributed by atoms with E-state index in [1.54, 1.807) is 6.07 Å². The van der Waals surface area contributed by atoms with Crippen LogP contribution in [-0.4, -0.2) is 25.0 Å². The van der Waals surface area contributed by atoms with Crippen molar-refractivity contribution in [2.75, 3.05) is 10.5 Å². The molecule has 6 nitrogen and oxygen atoms in total. The number of rotatable bonds is 7. The zero-order valence-corrected chi connectivity index (χ0v) is 11.1. The summed E-state index contributed by atoms with van der Waals surface area (Å²) in [4.78, 5) is 3.89. The molecular formula is C11H18N4O2S. The van der Waals surface area contributed by atoms with Crippen molar-refractivity contribution in [2.45, 2.75) is 26.2 Å². The number of nitrogens with zero attached hydrogens (tertiary/aromatic N) is 1. The summed E-state index contributed by atoms with van der Waals surface area (Å²) in [5, 5.41) is 7.27. The topological polar surface area (TPSA) is 109 Å². The summed E-state index contributed by atoms with van der Waals surface area (Å²) < 4.78 is 25.8. The summed E-state index contributed by atoms with van der Waals surface area (Å²) in [6.45, 7) is 2.01. The van der Waals surface area contributed by atoms with Crippen molar-refractivity contribution in [1.29, 1.82) is 5.41 Å². The molecule has 0 spiro atoms. The van der Waals surface area contributed by atoms with Gasteiger partial charge < -0.3 is 5.73 Å². The Morgan fingerprint density at radius 3 is 2.83 bits per heavy atom. The summed E-state index contributed by atoms with van der Waals surface area (Å²) in [7, 11) is -3.37. The maximum absolute atomic E-state index is 11.7. The highest BCUT2D eigenvalue weighted by atomic mass is 32.2. The lowest BCUT2D eigenvalue weighted by molar-refractivity contribution is 0.596. The largest absolute Gasteiger partial charge is 0.384 e. The first-order valence-electron chi connectivity index (χ1n) is 5.75. The third-order valence-corrected chi connectivity index (χ3v) is 3.69. The number of aromatic nitrogens is 1. The number of nitrogens with one attached hydrogen (secondary N) is 2. The van der Waals surface area contributed by atoms with Crippen molar-refractivity contribution >= 4 is 21.7 Å². The summed E-state index contributed by atoms with van der Waals surface area (Å²) in [6, 6.07) is 3.00. The zero-order chi connectivity index (χ0) is 13.6. The number of nitrogens with two attached hydrogens (primary N) is 1. The number of unbranched alkanes of at least 4 members (excludes halogenated alkanes) is 2. The third kappa shape index (κ3) is 4.70. The molecule has 0 aliphatic carbocycles. The Balaban J connectivity index is 2.72. The first kappa shape index (κ1) is 14.4. The van der Waals surface area contributed by atoms with Crippen molar-refractivity contribution < 1.29 is 8.42 Å². The first-order valence-corrected chi connectivity index (χ1v) is 7.41. The number of nitrogen functional groups attached to an aromatic ring is 1. The molecule has 0 aliphatic heterocycles. The predicted octanol–water partition coefficient (Wildman–Crippen LogP) is 1.30. The van der Waals surface area contributed by atoms with E-state index in [0.717, 1.165) is 12.8 Å². The summed E-state index contributed by atoms with van der Waals surface area (Å²) in [5.41, 5.74) is 5.76. The standard InChI is InChI=1S/C11H18N4O2S/c1-2-3-4-7-18(16,17)15-10-8-9(11(12)13)5-6-14-10/h5-6,8H,2-4,7H2,1H3,(H3,12,13)(H,14,15). The van der Waals surface area contributed by atoms with Gasteiger partial charge in [0.25, 0.3) is 0 Å². The monoisotopic (exact) mass is 270 g/mol. The second-order valence-corrected chi connectivity index (χ2v) is 5.81. The Morgan fingerprint density at radius 1 is 1.50 bits per heavy atom. The average Bonchev–Trinajstić information content (AvgIpc) is 2.28. The molecule has 4 N–H and O–H groups in total. The molecular weight excluding hydrogens is 252 g/mol. The minimum atomic E-state index is -3.37. The Labute approximate surface area is 107 Å². The number of sulfonamides is 1. The second kappa shape index (κ2) is 6.34. The summed E-state index contributed by atoms with van der Waals surface area (Å²) in [6.07, 6.45) is 3.88. The molecule has 0 saturated carbocycles. The lowest BCUT2D eigenvalue weighted by atomic mass is 10.2. The Hall–Kier alpha value is -1.63. The highest BCUT2D eigenvalue weighted by Crippen LogP contribution is 2.09. The normalized spacial score (nSPS) is 11.2. The van der Waals surface area contributed by atoms with E-state index < -0.39 is 10.0 Å². The van der Waals surface area contributed by atoms with Crippen molar-refractivity contribution in [1.82, 2.24) is 4.98 Å². The van der Waals surface area contributed by atoms with Crippen LogP contribution in [0, 0.1) is 5.41 Å². The Bertz CT molecular complexity index is 514. The zero-order valence-electron chi connectivity index (χ0n) is 10.3. The van der Waals surface area contributed by atoms with Gasteiger partial charge in [0, 0.05) is 11.8 Å². The Morgan fingerprint density at radius 2 is 2.22 bits per heavy atom. The van der Waals surface area contributed by atoms with Crippen LogP contribution in [-0.2, 0) is 10.0 Å². The quantitative estimate of drug-likeness (QED) is 0.394. The van der Waals surface area contributed by atoms with E-state index in [1.807, 2.05) is 6.92 Å². The first-order chi connectivity index (χ1) is 8.44. The number of pyridine rings is 1. The van der Waals surface area contributed by atoms with Crippen molar-refractivity contribution in [3.05, 3.63) is 23.9 Å². The molecule has 1 rings (SSSR count). The van der Waals surface area contributed by atoms with Crippen LogP contribution in [0.15, 0.2) is 18.3 Å². The van der Waals surface area contributed by atoms with E-state index in [0.29, 0.717) is 12.0 Å². The van der Waals surface area contributed by atoms with Gasteiger partial charge in [-0.2, -0.15) is 0 Å². The van der Waals surface area contributed by atoms with Gasteiger partial charge in [-0.1, -0.05) is 19.8 Å². The fourth-order valence-electron chi connectivity index (χ4n) is 1.41. The van der Waals surface area contributed by atoms with Gasteiger partial charge in [-0.05, 0) is 18.6 Å². The molecule has 0 aromatic carbocycles. The van der Waals surface area contributed by atoms with E-state index in [2.05, 4.69) is 9.71 Å². The van der Waals surface area contributed by atoms with Crippen molar-refractivity contribution in [2.24, 2.45) is 5.73 Å². The van der Waals surface area contributed by atoms with E-state index in [-0.39, 0.29) is 17.4 Å². The SMILES string of the molecule is CCCCCS(=O)(=O)Nc1cc(C(=N)N)ccn1. The van der Waals surface area contributed by atoms with Gasteiger partial charge in [-0.3, -0.25) is 10.1 Å². The molecule has 0 saturated heterocycles. The number of amidine groups is 1. The fraction of sp³-hybridized carbons (Fsp3) is 0.455. The molecule has 0 aliphatic rings. The lowest BCUT2D eigenvalue weighted by Gasteiger charge is -2.07. The maximum atomic E-state index is 11.7. The summed E-state index contributed by atoms with van der Waals surface area (Å²) in [5.74, 6) is 0.148. The van der Waals surface area contributed by atoms with Gasteiger partial charge in [0.05, 0.1) is 5.75 Å². The van der Waals surface area contributed by atoms with Crippen molar-refractivity contribution in [3.8, 4) is 0 Å². The van der Waals surface area contributed by atoms with Crippen LogP contribution in [0.5, 0.6) is 0 Å². The van der Waals surface area contributed by atoms with E-state index in [4.69, 9.17) is 11.1 Å². The number of hydrogen-bond donors (Lipinski definition) is 3. The van der Waals surface area contributed by atoms with Crippen LogP contribution in [0.2, 0.25) is 0 Å². The van der Waals surface area contributed by atoms with Crippen LogP contribution in [0.1, 0.15) is 31.7 Å². The third-order valence-electron chi connectivity index (χ3n) is 2.35. The molecule has 1 aromatic rings. The molecule has 7 heteroatoms. The molecule has 100 valence electrons. The molecule has 0 unspecified atom stereocenters. The van der Waals surface area contributed by atoms with Crippen LogP contribution in [0.4, 0.5) is 5.82 Å². The van der Waals surface area contributed by atoms with Crippen molar-refractivity contribution in [3.63, 3.8) is 0 Å². The molecule has 18 heavy (non-hydrogen) atoms. The van der Waals surface area contributed by atoms with Gasteiger partial charge in [0.1, 0.15) is 11.7 Å². The van der Waals surface area contributed by atoms with Crippen LogP contribution in [0.3, 0.4) is 0 Å². The Kier molecular flexibility index (Phi) is 5.08. The minimum absolute atomic E-state index is 0.0762. The predicted molar refractivity (Wildman–Crippen MR) is 72.2 cm³/mol. The minimum Gasteiger partial charge on any atom is -0.384 e. The average molecular weight is 270 g/mol. The van der Waals surface area contributed by atoms with Gasteiger partial charge in [-0.25, -0.2) is 13.4 Å². The molecule has 1 heterocycles. The maximum Gasteiger partial charge on any atom is 0.233 e.